The summed E-state index contributed by atoms with van der Waals surface area (Å²) in [5.41, 5.74) is 3.90. The fraction of sp³-hybridized carbons (Fsp3) is 0.118. The van der Waals surface area contributed by atoms with E-state index in [-0.39, 0.29) is 0 Å². The van der Waals surface area contributed by atoms with Gasteiger partial charge >= 0.3 is 0 Å². The Labute approximate surface area is 107 Å². The van der Waals surface area contributed by atoms with Gasteiger partial charge in [0.25, 0.3) is 0 Å². The van der Waals surface area contributed by atoms with Crippen LogP contribution in [0.4, 0.5) is 0 Å². The van der Waals surface area contributed by atoms with Crippen molar-refractivity contribution in [3.05, 3.63) is 66.4 Å². The van der Waals surface area contributed by atoms with E-state index in [1.54, 1.807) is 0 Å². The van der Waals surface area contributed by atoms with Crippen LogP contribution in [0.1, 0.15) is 5.56 Å². The summed E-state index contributed by atoms with van der Waals surface area (Å²) in [4.78, 5) is 0. The summed E-state index contributed by atoms with van der Waals surface area (Å²) >= 11 is 0. The number of hydrogen-bond donors (Lipinski definition) is 0. The van der Waals surface area contributed by atoms with E-state index in [0.717, 1.165) is 0 Å². The first kappa shape index (κ1) is 11.0. The quantitative estimate of drug-likeness (QED) is 0.566. The molecule has 3 rings (SSSR count). The predicted molar refractivity (Wildman–Crippen MR) is 75.3 cm³/mol. The zero-order valence-corrected chi connectivity index (χ0v) is 10.7. The summed E-state index contributed by atoms with van der Waals surface area (Å²) in [6.07, 6.45) is 2.13. The Bertz CT molecular complexity index is 714. The van der Waals surface area contributed by atoms with Gasteiger partial charge in [0.05, 0.1) is 5.39 Å². The van der Waals surface area contributed by atoms with Crippen LogP contribution >= 0.6 is 0 Å². The van der Waals surface area contributed by atoms with Crippen LogP contribution in [-0.4, -0.2) is 0 Å². The lowest BCUT2D eigenvalue weighted by molar-refractivity contribution is -0.659. The third kappa shape index (κ3) is 1.68. The molecule has 1 heterocycles. The van der Waals surface area contributed by atoms with Crippen molar-refractivity contribution in [3.8, 4) is 11.3 Å². The minimum absolute atomic E-state index is 1.28. The molecule has 3 aromatic rings. The van der Waals surface area contributed by atoms with Gasteiger partial charge < -0.3 is 0 Å². The van der Waals surface area contributed by atoms with Gasteiger partial charge in [0.1, 0.15) is 7.05 Å². The van der Waals surface area contributed by atoms with E-state index in [1.807, 2.05) is 0 Å². The molecule has 0 radical (unpaired) electrons. The highest BCUT2D eigenvalue weighted by Crippen LogP contribution is 2.27. The molecule has 1 heteroatoms. The summed E-state index contributed by atoms with van der Waals surface area (Å²) in [7, 11) is 2.11. The molecule has 0 aliphatic heterocycles. The van der Waals surface area contributed by atoms with Crippen molar-refractivity contribution in [2.24, 2.45) is 7.05 Å². The third-order valence-corrected chi connectivity index (χ3v) is 3.45. The average molecular weight is 234 g/mol. The molecule has 0 spiro atoms. The zero-order chi connectivity index (χ0) is 12.5. The van der Waals surface area contributed by atoms with Crippen molar-refractivity contribution < 1.29 is 4.57 Å². The summed E-state index contributed by atoms with van der Waals surface area (Å²) in [6, 6.07) is 19.3. The number of benzene rings is 2. The van der Waals surface area contributed by atoms with Gasteiger partial charge in [0, 0.05) is 11.6 Å². The van der Waals surface area contributed by atoms with Gasteiger partial charge in [-0.25, -0.2) is 4.57 Å². The molecular formula is C17H16N+. The van der Waals surface area contributed by atoms with Crippen LogP contribution in [-0.2, 0) is 7.05 Å². The first-order chi connectivity index (χ1) is 8.77. The van der Waals surface area contributed by atoms with Gasteiger partial charge in [-0.1, -0.05) is 36.4 Å². The molecule has 0 aliphatic rings. The number of aryl methyl sites for hydroxylation is 2. The second kappa shape index (κ2) is 4.26. The summed E-state index contributed by atoms with van der Waals surface area (Å²) in [5.74, 6) is 0. The zero-order valence-electron chi connectivity index (χ0n) is 10.7. The monoisotopic (exact) mass is 234 g/mol. The van der Waals surface area contributed by atoms with E-state index in [0.29, 0.717) is 0 Å². The minimum Gasteiger partial charge on any atom is -0.200 e. The Balaban J connectivity index is 2.42. The summed E-state index contributed by atoms with van der Waals surface area (Å²) < 4.78 is 2.20. The second-order valence-electron chi connectivity index (χ2n) is 4.68. The van der Waals surface area contributed by atoms with Crippen molar-refractivity contribution in [1.82, 2.24) is 0 Å². The topological polar surface area (TPSA) is 3.88 Å². The SMILES string of the molecule is Cc1ccccc1-c1c2ccccc2cc[n+]1C. The van der Waals surface area contributed by atoms with Gasteiger partial charge in [0.2, 0.25) is 5.69 Å². The van der Waals surface area contributed by atoms with E-state index in [9.17, 15) is 0 Å². The molecule has 0 fully saturated rings. The maximum absolute atomic E-state index is 2.20. The average Bonchev–Trinajstić information content (AvgIpc) is 2.40. The fourth-order valence-corrected chi connectivity index (χ4v) is 2.49. The molecule has 18 heavy (non-hydrogen) atoms. The molecule has 1 aromatic heterocycles. The van der Waals surface area contributed by atoms with Crippen molar-refractivity contribution in [1.29, 1.82) is 0 Å². The van der Waals surface area contributed by atoms with Crippen molar-refractivity contribution >= 4 is 10.8 Å². The van der Waals surface area contributed by atoms with Crippen LogP contribution in [0.2, 0.25) is 0 Å². The number of pyridine rings is 1. The van der Waals surface area contributed by atoms with Gasteiger partial charge in [-0.3, -0.25) is 0 Å². The van der Waals surface area contributed by atoms with Crippen LogP contribution in [0.15, 0.2) is 60.8 Å². The maximum Gasteiger partial charge on any atom is 0.220 e. The molecule has 0 amide bonds. The van der Waals surface area contributed by atoms with Crippen LogP contribution < -0.4 is 4.57 Å². The van der Waals surface area contributed by atoms with E-state index in [2.05, 4.69) is 79.3 Å². The minimum atomic E-state index is 1.28. The number of hydrogen-bond acceptors (Lipinski definition) is 0. The molecule has 1 nitrogen and oxygen atoms in total. The highest BCUT2D eigenvalue weighted by Gasteiger charge is 2.15. The molecule has 88 valence electrons. The molecule has 0 saturated heterocycles. The lowest BCUT2D eigenvalue weighted by Gasteiger charge is -2.07. The summed E-state index contributed by atoms with van der Waals surface area (Å²) in [6.45, 7) is 2.16. The fourth-order valence-electron chi connectivity index (χ4n) is 2.49. The van der Waals surface area contributed by atoms with E-state index < -0.39 is 0 Å². The maximum atomic E-state index is 2.20. The smallest absolute Gasteiger partial charge is 0.200 e. The number of aromatic nitrogens is 1. The van der Waals surface area contributed by atoms with Gasteiger partial charge in [-0.15, -0.1) is 0 Å². The van der Waals surface area contributed by atoms with Crippen LogP contribution in [0.3, 0.4) is 0 Å². The lowest BCUT2D eigenvalue weighted by atomic mass is 10.00. The molecular weight excluding hydrogens is 218 g/mol. The molecule has 0 atom stereocenters. The predicted octanol–water partition coefficient (Wildman–Crippen LogP) is 3.64. The Morgan fingerprint density at radius 2 is 1.56 bits per heavy atom. The van der Waals surface area contributed by atoms with Gasteiger partial charge in [-0.05, 0) is 30.0 Å². The number of fused-ring (bicyclic) bond motifs is 1. The Kier molecular flexibility index (Phi) is 2.60. The molecule has 2 aromatic carbocycles. The third-order valence-electron chi connectivity index (χ3n) is 3.45. The standard InChI is InChI=1S/C17H16N/c1-13-7-3-5-9-15(13)17-16-10-6-4-8-14(16)11-12-18(17)2/h3-12H,1-2H3/q+1. The van der Waals surface area contributed by atoms with Gasteiger partial charge in [0.15, 0.2) is 6.20 Å². The van der Waals surface area contributed by atoms with Crippen LogP contribution in [0, 0.1) is 6.92 Å². The second-order valence-corrected chi connectivity index (χ2v) is 4.68. The highest BCUT2D eigenvalue weighted by molar-refractivity contribution is 5.93. The van der Waals surface area contributed by atoms with E-state index >= 15 is 0 Å². The van der Waals surface area contributed by atoms with Crippen LogP contribution in [0.5, 0.6) is 0 Å². The lowest BCUT2D eigenvalue weighted by Crippen LogP contribution is -2.30. The number of rotatable bonds is 1. The Hall–Kier alpha value is -2.15. The first-order valence-corrected chi connectivity index (χ1v) is 6.21. The van der Waals surface area contributed by atoms with E-state index in [4.69, 9.17) is 0 Å². The molecule has 0 bridgehead atoms. The molecule has 0 aliphatic carbocycles. The highest BCUT2D eigenvalue weighted by atomic mass is 14.9. The molecule has 0 unspecified atom stereocenters. The molecule has 0 saturated carbocycles. The normalized spacial score (nSPS) is 10.8. The van der Waals surface area contributed by atoms with Crippen molar-refractivity contribution in [2.75, 3.05) is 0 Å². The summed E-state index contributed by atoms with van der Waals surface area (Å²) in [5, 5.41) is 2.59. The van der Waals surface area contributed by atoms with Crippen molar-refractivity contribution in [2.45, 2.75) is 6.92 Å². The van der Waals surface area contributed by atoms with E-state index in [1.165, 1.54) is 27.6 Å². The van der Waals surface area contributed by atoms with Crippen LogP contribution in [0.25, 0.3) is 22.0 Å². The van der Waals surface area contributed by atoms with Gasteiger partial charge in [-0.2, -0.15) is 0 Å². The Morgan fingerprint density at radius 1 is 0.833 bits per heavy atom. The molecule has 0 N–H and O–H groups in total. The largest absolute Gasteiger partial charge is 0.220 e. The Morgan fingerprint density at radius 3 is 2.39 bits per heavy atom. The number of nitrogens with zero attached hydrogens (tertiary/aromatic N) is 1. The first-order valence-electron chi connectivity index (χ1n) is 6.21. The van der Waals surface area contributed by atoms with Crippen molar-refractivity contribution in [3.63, 3.8) is 0 Å².